The number of anilines is 3. The van der Waals surface area contributed by atoms with Crippen LogP contribution in [0.5, 0.6) is 0 Å². The molecule has 2 aliphatic rings. The number of hydroxylamine groups is 1. The van der Waals surface area contributed by atoms with E-state index in [0.717, 1.165) is 35.6 Å². The van der Waals surface area contributed by atoms with Crippen LogP contribution in [0.2, 0.25) is 0 Å². The van der Waals surface area contributed by atoms with Gasteiger partial charge in [0.15, 0.2) is 6.10 Å². The molecular formula is C28H29N3O3. The van der Waals surface area contributed by atoms with Crippen LogP contribution in [-0.2, 0) is 14.4 Å². The van der Waals surface area contributed by atoms with Crippen LogP contribution in [-0.4, -0.2) is 31.0 Å². The van der Waals surface area contributed by atoms with Crippen molar-refractivity contribution in [3.63, 3.8) is 0 Å². The molecule has 174 valence electrons. The maximum atomic E-state index is 13.7. The lowest BCUT2D eigenvalue weighted by Gasteiger charge is -2.29. The summed E-state index contributed by atoms with van der Waals surface area (Å²) < 4.78 is 0. The highest BCUT2D eigenvalue weighted by molar-refractivity contribution is 6.23. The number of benzene rings is 3. The number of imide groups is 1. The number of hydrogen-bond acceptors (Lipinski definition) is 5. The smallest absolute Gasteiger partial charge is 0.266 e. The molecule has 0 unspecified atom stereocenters. The summed E-state index contributed by atoms with van der Waals surface area (Å²) in [5.74, 6) is -1.18. The van der Waals surface area contributed by atoms with E-state index in [1.165, 1.54) is 4.90 Å². The Balaban J connectivity index is 1.54. The summed E-state index contributed by atoms with van der Waals surface area (Å²) in [5, 5.41) is 1.74. The van der Waals surface area contributed by atoms with Crippen molar-refractivity contribution in [2.75, 3.05) is 28.0 Å². The minimum Gasteiger partial charge on any atom is -0.372 e. The van der Waals surface area contributed by atoms with Crippen LogP contribution >= 0.6 is 0 Å². The highest BCUT2D eigenvalue weighted by atomic mass is 16.7. The third kappa shape index (κ3) is 3.64. The third-order valence-corrected chi connectivity index (χ3v) is 6.78. The van der Waals surface area contributed by atoms with Gasteiger partial charge in [0.25, 0.3) is 5.91 Å². The molecule has 0 saturated carbocycles. The summed E-state index contributed by atoms with van der Waals surface area (Å²) in [4.78, 5) is 36.9. The number of nitrogens with zero attached hydrogens (tertiary/aromatic N) is 3. The average Bonchev–Trinajstić information content (AvgIpc) is 3.38. The first-order valence-electron chi connectivity index (χ1n) is 11.8. The molecular weight excluding hydrogens is 426 g/mol. The Labute approximate surface area is 200 Å². The van der Waals surface area contributed by atoms with E-state index in [1.807, 2.05) is 73.7 Å². The van der Waals surface area contributed by atoms with Gasteiger partial charge >= 0.3 is 0 Å². The van der Waals surface area contributed by atoms with Crippen LogP contribution in [0, 0.1) is 12.8 Å². The number of carbonyl (C=O) groups is 2. The van der Waals surface area contributed by atoms with Gasteiger partial charge in [-0.3, -0.25) is 14.4 Å². The lowest BCUT2D eigenvalue weighted by atomic mass is 9.90. The molecule has 2 fully saturated rings. The number of hydrogen-bond donors (Lipinski definition) is 0. The molecule has 3 aromatic rings. The van der Waals surface area contributed by atoms with Crippen LogP contribution < -0.4 is 14.9 Å². The molecule has 3 atom stereocenters. The van der Waals surface area contributed by atoms with E-state index in [9.17, 15) is 9.59 Å². The van der Waals surface area contributed by atoms with Crippen molar-refractivity contribution >= 4 is 28.9 Å². The van der Waals surface area contributed by atoms with E-state index < -0.39 is 18.1 Å². The van der Waals surface area contributed by atoms with Crippen molar-refractivity contribution in [2.24, 2.45) is 5.92 Å². The second-order valence-electron chi connectivity index (χ2n) is 8.77. The lowest BCUT2D eigenvalue weighted by molar-refractivity contribution is -0.126. The largest absolute Gasteiger partial charge is 0.372 e. The number of aryl methyl sites for hydroxylation is 1. The Morgan fingerprint density at radius 1 is 0.794 bits per heavy atom. The first-order valence-corrected chi connectivity index (χ1v) is 11.8. The third-order valence-electron chi connectivity index (χ3n) is 6.78. The van der Waals surface area contributed by atoms with Crippen LogP contribution in [0.25, 0.3) is 0 Å². The van der Waals surface area contributed by atoms with Gasteiger partial charge in [-0.05, 0) is 62.7 Å². The Hall–Kier alpha value is -3.64. The summed E-state index contributed by atoms with van der Waals surface area (Å²) in [5.41, 5.74) is 4.54. The molecule has 5 rings (SSSR count). The predicted octanol–water partition coefficient (Wildman–Crippen LogP) is 4.89. The fourth-order valence-corrected chi connectivity index (χ4v) is 4.97. The molecule has 0 aromatic heterocycles. The number of amides is 2. The van der Waals surface area contributed by atoms with E-state index in [2.05, 4.69) is 30.9 Å². The van der Waals surface area contributed by atoms with Gasteiger partial charge in [-0.1, -0.05) is 48.0 Å². The molecule has 6 nitrogen and oxygen atoms in total. The van der Waals surface area contributed by atoms with E-state index >= 15 is 0 Å². The van der Waals surface area contributed by atoms with Gasteiger partial charge in [-0.25, -0.2) is 9.96 Å². The van der Waals surface area contributed by atoms with Gasteiger partial charge in [-0.15, -0.1) is 0 Å². The van der Waals surface area contributed by atoms with E-state index in [1.54, 1.807) is 5.06 Å². The van der Waals surface area contributed by atoms with Crippen LogP contribution in [0.3, 0.4) is 0 Å². The van der Waals surface area contributed by atoms with Gasteiger partial charge < -0.3 is 4.90 Å². The Morgan fingerprint density at radius 2 is 1.44 bits per heavy atom. The predicted molar refractivity (Wildman–Crippen MR) is 134 cm³/mol. The van der Waals surface area contributed by atoms with Gasteiger partial charge in [0.2, 0.25) is 5.91 Å². The van der Waals surface area contributed by atoms with Crippen LogP contribution in [0.1, 0.15) is 31.0 Å². The number of fused-ring (bicyclic) bond motifs is 1. The average molecular weight is 456 g/mol. The minimum atomic E-state index is -0.860. The zero-order valence-corrected chi connectivity index (χ0v) is 19.7. The molecule has 0 spiro atoms. The van der Waals surface area contributed by atoms with Crippen LogP contribution in [0.4, 0.5) is 17.1 Å². The summed E-state index contributed by atoms with van der Waals surface area (Å²) >= 11 is 0. The topological polar surface area (TPSA) is 53.1 Å². The molecule has 0 radical (unpaired) electrons. The van der Waals surface area contributed by atoms with Gasteiger partial charge in [0.05, 0.1) is 17.4 Å². The normalized spacial score (nSPS) is 21.8. The molecule has 2 saturated heterocycles. The second-order valence-corrected chi connectivity index (χ2v) is 8.77. The van der Waals surface area contributed by atoms with Crippen molar-refractivity contribution in [1.82, 2.24) is 0 Å². The Kier molecular flexibility index (Phi) is 5.84. The number of para-hydroxylation sites is 1. The summed E-state index contributed by atoms with van der Waals surface area (Å²) in [6.07, 6.45) is -0.860. The fourth-order valence-electron chi connectivity index (χ4n) is 4.97. The molecule has 0 bridgehead atoms. The standard InChI is InChI=1S/C28H29N3O3/c1-4-29(5-2)21-17-13-20(14-18-21)25-24-26(34-31(25)23-9-7-6-8-10-23)28(33)30(27(24)32)22-15-11-19(3)12-16-22/h6-18,24-26H,4-5H2,1-3H3/t24-,25-,26-/m0/s1. The molecule has 0 aliphatic carbocycles. The van der Waals surface area contributed by atoms with Gasteiger partial charge in [0, 0.05) is 18.8 Å². The molecule has 2 aliphatic heterocycles. The van der Waals surface area contributed by atoms with Crippen molar-refractivity contribution in [3.05, 3.63) is 90.0 Å². The highest BCUT2D eigenvalue weighted by Crippen LogP contribution is 2.47. The van der Waals surface area contributed by atoms with Gasteiger partial charge in [0.1, 0.15) is 5.92 Å². The maximum absolute atomic E-state index is 13.7. The first-order chi connectivity index (χ1) is 16.5. The van der Waals surface area contributed by atoms with Crippen molar-refractivity contribution in [2.45, 2.75) is 32.9 Å². The minimum absolute atomic E-state index is 0.227. The van der Waals surface area contributed by atoms with E-state index in [-0.39, 0.29) is 11.8 Å². The summed E-state index contributed by atoms with van der Waals surface area (Å²) in [6.45, 7) is 8.08. The van der Waals surface area contributed by atoms with Crippen molar-refractivity contribution in [3.8, 4) is 0 Å². The maximum Gasteiger partial charge on any atom is 0.266 e. The number of carbonyl (C=O) groups excluding carboxylic acids is 2. The molecule has 0 N–H and O–H groups in total. The quantitative estimate of drug-likeness (QED) is 0.495. The van der Waals surface area contributed by atoms with Crippen molar-refractivity contribution < 1.29 is 14.4 Å². The molecule has 6 heteroatoms. The van der Waals surface area contributed by atoms with Crippen LogP contribution in [0.15, 0.2) is 78.9 Å². The van der Waals surface area contributed by atoms with E-state index in [0.29, 0.717) is 5.69 Å². The first kappa shape index (κ1) is 22.2. The zero-order chi connectivity index (χ0) is 23.8. The Morgan fingerprint density at radius 3 is 2.06 bits per heavy atom. The zero-order valence-electron chi connectivity index (χ0n) is 19.7. The fraction of sp³-hybridized carbons (Fsp3) is 0.286. The number of rotatable bonds is 6. The van der Waals surface area contributed by atoms with Crippen molar-refractivity contribution in [1.29, 1.82) is 0 Å². The molecule has 34 heavy (non-hydrogen) atoms. The SMILES string of the molecule is CCN(CC)c1ccc([C@H]2[C@@H]3C(=O)N(c4ccc(C)cc4)C(=O)[C@H]3ON2c2ccccc2)cc1. The summed E-state index contributed by atoms with van der Waals surface area (Å²) in [7, 11) is 0. The molecule has 2 heterocycles. The molecule has 2 amide bonds. The Bertz CT molecular complexity index is 1170. The van der Waals surface area contributed by atoms with Gasteiger partial charge in [-0.2, -0.15) is 0 Å². The molecule has 3 aromatic carbocycles. The monoisotopic (exact) mass is 455 g/mol. The second kappa shape index (κ2) is 8.95. The van der Waals surface area contributed by atoms with E-state index in [4.69, 9.17) is 4.84 Å². The summed E-state index contributed by atoms with van der Waals surface area (Å²) in [6, 6.07) is 24.9. The lowest BCUT2D eigenvalue weighted by Crippen LogP contribution is -2.37. The highest BCUT2D eigenvalue weighted by Gasteiger charge is 2.60.